The molecule has 0 aromatic heterocycles. The number of hydrogen-bond acceptors (Lipinski definition) is 1. The van der Waals surface area contributed by atoms with E-state index >= 15 is 0 Å². The fourth-order valence-electron chi connectivity index (χ4n) is 3.29. The van der Waals surface area contributed by atoms with Crippen LogP contribution >= 0.6 is 0 Å². The van der Waals surface area contributed by atoms with Crippen molar-refractivity contribution in [3.63, 3.8) is 0 Å². The molecule has 0 heterocycles. The molecule has 0 N–H and O–H groups in total. The van der Waals surface area contributed by atoms with Crippen molar-refractivity contribution in [2.45, 2.75) is 31.6 Å². The van der Waals surface area contributed by atoms with Gasteiger partial charge in [-0.05, 0) is 30.2 Å². The van der Waals surface area contributed by atoms with Crippen molar-refractivity contribution in [3.8, 4) is 0 Å². The molecule has 15 heavy (non-hydrogen) atoms. The highest BCUT2D eigenvalue weighted by Crippen LogP contribution is 2.49. The number of Topliss-reactive ketones (excluding diaryl/α,β-unsaturated/α-hetero) is 1. The summed E-state index contributed by atoms with van der Waals surface area (Å²) in [7, 11) is 0. The van der Waals surface area contributed by atoms with Crippen molar-refractivity contribution in [3.05, 3.63) is 35.9 Å². The average molecular weight is 200 g/mol. The lowest BCUT2D eigenvalue weighted by Crippen LogP contribution is -2.43. The zero-order chi connectivity index (χ0) is 10.3. The lowest BCUT2D eigenvalue weighted by molar-refractivity contribution is -0.137. The van der Waals surface area contributed by atoms with Crippen molar-refractivity contribution in [2.75, 3.05) is 0 Å². The molecule has 3 rings (SSSR count). The molecule has 1 nitrogen and oxygen atoms in total. The predicted molar refractivity (Wildman–Crippen MR) is 59.6 cm³/mol. The summed E-state index contributed by atoms with van der Waals surface area (Å²) in [6.07, 6.45) is 4.49. The minimum absolute atomic E-state index is 0.406. The highest BCUT2D eigenvalue weighted by molar-refractivity contribution is 5.87. The van der Waals surface area contributed by atoms with E-state index in [-0.39, 0.29) is 0 Å². The lowest BCUT2D eigenvalue weighted by Gasteiger charge is -2.44. The van der Waals surface area contributed by atoms with E-state index in [9.17, 15) is 4.79 Å². The first-order chi connectivity index (χ1) is 7.36. The van der Waals surface area contributed by atoms with Crippen molar-refractivity contribution in [1.29, 1.82) is 0 Å². The maximum atomic E-state index is 11.4. The fraction of sp³-hybridized carbons (Fsp3) is 0.500. The molecule has 1 heteroatoms. The molecular formula is C14H16O. The monoisotopic (exact) mass is 200 g/mol. The van der Waals surface area contributed by atoms with Crippen molar-refractivity contribution in [1.82, 2.24) is 0 Å². The Bertz CT molecular complexity index is 368. The summed E-state index contributed by atoms with van der Waals surface area (Å²) in [4.78, 5) is 11.4. The van der Waals surface area contributed by atoms with Crippen LogP contribution in [0.15, 0.2) is 30.3 Å². The smallest absolute Gasteiger partial charge is 0.136 e. The largest absolute Gasteiger partial charge is 0.299 e. The van der Waals surface area contributed by atoms with Crippen LogP contribution in [0.5, 0.6) is 0 Å². The molecule has 1 aromatic rings. The zero-order valence-corrected chi connectivity index (χ0v) is 8.86. The number of benzene rings is 1. The summed E-state index contributed by atoms with van der Waals surface area (Å²) in [5.41, 5.74) is 1.44. The normalized spacial score (nSPS) is 34.4. The van der Waals surface area contributed by atoms with Gasteiger partial charge in [-0.3, -0.25) is 4.79 Å². The van der Waals surface area contributed by atoms with Gasteiger partial charge in [0.1, 0.15) is 5.78 Å². The molecule has 0 unspecified atom stereocenters. The van der Waals surface area contributed by atoms with E-state index < -0.39 is 0 Å². The highest BCUT2D eigenvalue weighted by atomic mass is 16.1. The van der Waals surface area contributed by atoms with Crippen LogP contribution in [-0.4, -0.2) is 5.78 Å². The molecule has 2 fully saturated rings. The fourth-order valence-corrected chi connectivity index (χ4v) is 3.29. The molecule has 0 amide bonds. The molecule has 1 aromatic carbocycles. The van der Waals surface area contributed by atoms with Crippen LogP contribution < -0.4 is 0 Å². The SMILES string of the molecule is O=C1C[C@@H]2[C@H]1CCC[C@H]2c1ccccc1. The van der Waals surface area contributed by atoms with E-state index in [0.717, 1.165) is 12.8 Å². The van der Waals surface area contributed by atoms with E-state index in [0.29, 0.717) is 23.5 Å². The van der Waals surface area contributed by atoms with Gasteiger partial charge in [0.15, 0.2) is 0 Å². The Labute approximate surface area is 90.5 Å². The van der Waals surface area contributed by atoms with E-state index in [2.05, 4.69) is 30.3 Å². The minimum Gasteiger partial charge on any atom is -0.299 e. The summed E-state index contributed by atoms with van der Waals surface area (Å²) in [6, 6.07) is 10.7. The maximum Gasteiger partial charge on any atom is 0.136 e. The first kappa shape index (κ1) is 9.14. The summed E-state index contributed by atoms with van der Waals surface area (Å²) in [5.74, 6) is 2.24. The van der Waals surface area contributed by atoms with Crippen LogP contribution in [0.2, 0.25) is 0 Å². The van der Waals surface area contributed by atoms with Crippen molar-refractivity contribution in [2.24, 2.45) is 11.8 Å². The summed E-state index contributed by atoms with van der Waals surface area (Å²) in [5, 5.41) is 0. The second-order valence-corrected chi connectivity index (χ2v) is 4.89. The Morgan fingerprint density at radius 1 is 1.00 bits per heavy atom. The quantitative estimate of drug-likeness (QED) is 0.680. The standard InChI is InChI=1S/C14H16O/c15-14-9-13-11(7-4-8-12(13)14)10-5-2-1-3-6-10/h1-3,5-6,11-13H,4,7-9H2/t11-,12+,13-/m0/s1. The third-order valence-corrected chi connectivity index (χ3v) is 4.14. The molecule has 0 bridgehead atoms. The van der Waals surface area contributed by atoms with Crippen LogP contribution in [0, 0.1) is 11.8 Å². The molecule has 2 saturated carbocycles. The molecule has 2 aliphatic carbocycles. The van der Waals surface area contributed by atoms with Crippen molar-refractivity contribution < 1.29 is 4.79 Å². The van der Waals surface area contributed by atoms with Gasteiger partial charge in [-0.15, -0.1) is 0 Å². The molecule has 78 valence electrons. The first-order valence-electron chi connectivity index (χ1n) is 5.94. The van der Waals surface area contributed by atoms with Crippen molar-refractivity contribution >= 4 is 5.78 Å². The van der Waals surface area contributed by atoms with Crippen LogP contribution in [0.3, 0.4) is 0 Å². The second kappa shape index (κ2) is 3.48. The Balaban J connectivity index is 1.85. The molecular weight excluding hydrogens is 184 g/mol. The Morgan fingerprint density at radius 2 is 1.73 bits per heavy atom. The van der Waals surface area contributed by atoms with E-state index in [4.69, 9.17) is 0 Å². The topological polar surface area (TPSA) is 17.1 Å². The molecule has 0 radical (unpaired) electrons. The zero-order valence-electron chi connectivity index (χ0n) is 8.86. The Morgan fingerprint density at radius 3 is 2.47 bits per heavy atom. The van der Waals surface area contributed by atoms with E-state index in [1.165, 1.54) is 18.4 Å². The van der Waals surface area contributed by atoms with Gasteiger partial charge in [-0.25, -0.2) is 0 Å². The lowest BCUT2D eigenvalue weighted by atomic mass is 9.58. The van der Waals surface area contributed by atoms with E-state index in [1.807, 2.05) is 0 Å². The van der Waals surface area contributed by atoms with Crippen LogP contribution in [0.4, 0.5) is 0 Å². The summed E-state index contributed by atoms with van der Waals surface area (Å²) in [6.45, 7) is 0. The first-order valence-corrected chi connectivity index (χ1v) is 5.94. The summed E-state index contributed by atoms with van der Waals surface area (Å²) < 4.78 is 0. The molecule has 0 spiro atoms. The van der Waals surface area contributed by atoms with Gasteiger partial charge in [-0.1, -0.05) is 36.8 Å². The van der Waals surface area contributed by atoms with Crippen LogP contribution in [0.25, 0.3) is 0 Å². The van der Waals surface area contributed by atoms with Gasteiger partial charge in [0.25, 0.3) is 0 Å². The molecule has 0 saturated heterocycles. The van der Waals surface area contributed by atoms with Gasteiger partial charge >= 0.3 is 0 Å². The number of rotatable bonds is 1. The average Bonchev–Trinajstić information content (AvgIpc) is 2.29. The Hall–Kier alpha value is -1.11. The van der Waals surface area contributed by atoms with Gasteiger partial charge in [0.05, 0.1) is 0 Å². The van der Waals surface area contributed by atoms with Gasteiger partial charge in [0, 0.05) is 12.3 Å². The van der Waals surface area contributed by atoms with Gasteiger partial charge in [-0.2, -0.15) is 0 Å². The Kier molecular flexibility index (Phi) is 2.12. The molecule has 3 atom stereocenters. The highest BCUT2D eigenvalue weighted by Gasteiger charge is 2.46. The number of ketones is 1. The molecule has 0 aliphatic heterocycles. The third-order valence-electron chi connectivity index (χ3n) is 4.14. The predicted octanol–water partition coefficient (Wildman–Crippen LogP) is 3.16. The van der Waals surface area contributed by atoms with Gasteiger partial charge in [0.2, 0.25) is 0 Å². The van der Waals surface area contributed by atoms with Crippen LogP contribution in [0.1, 0.15) is 37.2 Å². The number of carbonyl (C=O) groups excluding carboxylic acids is 1. The summed E-state index contributed by atoms with van der Waals surface area (Å²) >= 11 is 0. The maximum absolute atomic E-state index is 11.4. The third kappa shape index (κ3) is 1.41. The second-order valence-electron chi connectivity index (χ2n) is 4.89. The minimum atomic E-state index is 0.406. The molecule has 2 aliphatic rings. The number of hydrogen-bond donors (Lipinski definition) is 0. The van der Waals surface area contributed by atoms with Gasteiger partial charge < -0.3 is 0 Å². The number of fused-ring (bicyclic) bond motifs is 1. The van der Waals surface area contributed by atoms with E-state index in [1.54, 1.807) is 0 Å². The van der Waals surface area contributed by atoms with Crippen LogP contribution in [-0.2, 0) is 4.79 Å². The number of carbonyl (C=O) groups is 1.